The van der Waals surface area contributed by atoms with Gasteiger partial charge in [-0.15, -0.1) is 0 Å². The number of halogens is 1. The van der Waals surface area contributed by atoms with E-state index in [9.17, 15) is 8.42 Å². The lowest BCUT2D eigenvalue weighted by Crippen LogP contribution is -2.14. The smallest absolute Gasteiger partial charge is 0.262 e. The van der Waals surface area contributed by atoms with E-state index in [0.29, 0.717) is 16.1 Å². The third-order valence-corrected chi connectivity index (χ3v) is 5.13. The van der Waals surface area contributed by atoms with Crippen LogP contribution in [-0.4, -0.2) is 8.42 Å². The molecule has 3 nitrogen and oxygen atoms in total. The number of aryl methyl sites for hydroxylation is 1. The molecule has 0 bridgehead atoms. The number of nitrogens with one attached hydrogen (secondary N) is 1. The average molecular weight is 332 g/mol. The van der Waals surface area contributed by atoms with Crippen LogP contribution in [0.2, 0.25) is 5.02 Å². The molecule has 3 aromatic carbocycles. The molecule has 0 aliphatic heterocycles. The zero-order chi connectivity index (χ0) is 15.7. The lowest BCUT2D eigenvalue weighted by Gasteiger charge is -2.12. The van der Waals surface area contributed by atoms with Crippen LogP contribution in [0.3, 0.4) is 0 Å². The van der Waals surface area contributed by atoms with Gasteiger partial charge in [-0.05, 0) is 42.1 Å². The summed E-state index contributed by atoms with van der Waals surface area (Å²) in [5.74, 6) is 0. The summed E-state index contributed by atoms with van der Waals surface area (Å²) in [5.41, 5.74) is 1.30. The second kappa shape index (κ2) is 5.63. The Morgan fingerprint density at radius 2 is 1.68 bits per heavy atom. The highest BCUT2D eigenvalue weighted by Crippen LogP contribution is 2.27. The number of sulfonamides is 1. The first kappa shape index (κ1) is 14.9. The van der Waals surface area contributed by atoms with Gasteiger partial charge in [0.2, 0.25) is 0 Å². The fourth-order valence-corrected chi connectivity index (χ4v) is 3.96. The second-order valence-electron chi connectivity index (χ2n) is 5.04. The second-order valence-corrected chi connectivity index (χ2v) is 7.13. The van der Waals surface area contributed by atoms with E-state index in [1.54, 1.807) is 36.4 Å². The van der Waals surface area contributed by atoms with E-state index in [0.717, 1.165) is 10.9 Å². The molecule has 3 rings (SSSR count). The van der Waals surface area contributed by atoms with Gasteiger partial charge in [0.25, 0.3) is 10.0 Å². The van der Waals surface area contributed by atoms with Crippen LogP contribution >= 0.6 is 11.6 Å². The molecule has 0 aliphatic carbocycles. The highest BCUT2D eigenvalue weighted by atomic mass is 35.5. The maximum absolute atomic E-state index is 12.7. The Balaban J connectivity index is 2.09. The van der Waals surface area contributed by atoms with Crippen molar-refractivity contribution >= 4 is 38.1 Å². The van der Waals surface area contributed by atoms with Crippen LogP contribution in [0.5, 0.6) is 0 Å². The van der Waals surface area contributed by atoms with Crippen molar-refractivity contribution in [1.29, 1.82) is 0 Å². The van der Waals surface area contributed by atoms with Gasteiger partial charge in [-0.2, -0.15) is 0 Å². The van der Waals surface area contributed by atoms with E-state index in [-0.39, 0.29) is 4.90 Å². The highest BCUT2D eigenvalue weighted by Gasteiger charge is 2.18. The molecule has 0 spiro atoms. The molecule has 0 saturated carbocycles. The van der Waals surface area contributed by atoms with Crippen LogP contribution in [0.1, 0.15) is 5.56 Å². The van der Waals surface area contributed by atoms with Crippen LogP contribution < -0.4 is 4.72 Å². The van der Waals surface area contributed by atoms with Crippen LogP contribution in [0, 0.1) is 6.92 Å². The predicted octanol–water partition coefficient (Wildman–Crippen LogP) is 4.60. The zero-order valence-electron chi connectivity index (χ0n) is 11.9. The molecule has 112 valence electrons. The molecule has 0 atom stereocenters. The van der Waals surface area contributed by atoms with Crippen molar-refractivity contribution in [2.45, 2.75) is 11.8 Å². The lowest BCUT2D eigenvalue weighted by atomic mass is 10.1. The van der Waals surface area contributed by atoms with Gasteiger partial charge < -0.3 is 0 Å². The Morgan fingerprint density at radius 1 is 0.955 bits per heavy atom. The Labute approximate surface area is 134 Å². The third-order valence-electron chi connectivity index (χ3n) is 3.47. The van der Waals surface area contributed by atoms with E-state index >= 15 is 0 Å². The first-order valence-electron chi connectivity index (χ1n) is 6.74. The van der Waals surface area contributed by atoms with E-state index < -0.39 is 10.0 Å². The van der Waals surface area contributed by atoms with Crippen molar-refractivity contribution in [2.75, 3.05) is 4.72 Å². The molecule has 0 aromatic heterocycles. The van der Waals surface area contributed by atoms with Crippen molar-refractivity contribution < 1.29 is 8.42 Å². The number of fused-ring (bicyclic) bond motifs is 1. The number of hydrogen-bond acceptors (Lipinski definition) is 2. The monoisotopic (exact) mass is 331 g/mol. The van der Waals surface area contributed by atoms with Crippen LogP contribution in [-0.2, 0) is 10.0 Å². The Bertz CT molecular complexity index is 947. The van der Waals surface area contributed by atoms with Gasteiger partial charge in [-0.3, -0.25) is 4.72 Å². The summed E-state index contributed by atoms with van der Waals surface area (Å²) in [4.78, 5) is 0.264. The molecule has 3 aromatic rings. The minimum Gasteiger partial charge on any atom is -0.279 e. The normalized spacial score (nSPS) is 11.5. The summed E-state index contributed by atoms with van der Waals surface area (Å²) in [6.07, 6.45) is 0. The standard InChI is InChI=1S/C17H14ClNO2S/c1-12-11-14(18)9-10-16(12)19-22(20,21)17-8-4-6-13-5-2-3-7-15(13)17/h2-11,19H,1H3. The first-order chi connectivity index (χ1) is 10.5. The fourth-order valence-electron chi connectivity index (χ4n) is 2.37. The average Bonchev–Trinajstić information content (AvgIpc) is 2.49. The van der Waals surface area contributed by atoms with Gasteiger partial charge in [-0.1, -0.05) is 48.0 Å². The fraction of sp³-hybridized carbons (Fsp3) is 0.0588. The number of rotatable bonds is 3. The molecular weight excluding hydrogens is 318 g/mol. The summed E-state index contributed by atoms with van der Waals surface area (Å²) in [5, 5.41) is 2.16. The van der Waals surface area contributed by atoms with Crippen molar-refractivity contribution in [2.24, 2.45) is 0 Å². The summed E-state index contributed by atoms with van der Waals surface area (Å²) in [6.45, 7) is 1.81. The van der Waals surface area contributed by atoms with E-state index in [1.165, 1.54) is 0 Å². The van der Waals surface area contributed by atoms with Crippen LogP contribution in [0.15, 0.2) is 65.6 Å². The summed E-state index contributed by atoms with van der Waals surface area (Å²) in [6, 6.07) is 17.7. The Morgan fingerprint density at radius 3 is 2.45 bits per heavy atom. The predicted molar refractivity (Wildman–Crippen MR) is 90.9 cm³/mol. The molecule has 0 saturated heterocycles. The number of hydrogen-bond donors (Lipinski definition) is 1. The summed E-state index contributed by atoms with van der Waals surface area (Å²) < 4.78 is 28.1. The van der Waals surface area contributed by atoms with E-state index in [4.69, 9.17) is 11.6 Å². The highest BCUT2D eigenvalue weighted by molar-refractivity contribution is 7.93. The molecule has 0 fully saturated rings. The van der Waals surface area contributed by atoms with Crippen molar-refractivity contribution in [1.82, 2.24) is 0 Å². The quantitative estimate of drug-likeness (QED) is 0.762. The minimum atomic E-state index is -3.67. The maximum Gasteiger partial charge on any atom is 0.262 e. The van der Waals surface area contributed by atoms with Crippen LogP contribution in [0.25, 0.3) is 10.8 Å². The molecule has 0 radical (unpaired) electrons. The number of benzene rings is 3. The number of anilines is 1. The van der Waals surface area contributed by atoms with Gasteiger partial charge in [0, 0.05) is 10.4 Å². The topological polar surface area (TPSA) is 46.2 Å². The molecular formula is C17H14ClNO2S. The molecule has 0 aliphatic rings. The lowest BCUT2D eigenvalue weighted by molar-refractivity contribution is 0.602. The Hall–Kier alpha value is -2.04. The molecule has 0 amide bonds. The molecule has 5 heteroatoms. The first-order valence-corrected chi connectivity index (χ1v) is 8.60. The zero-order valence-corrected chi connectivity index (χ0v) is 13.4. The molecule has 0 heterocycles. The van der Waals surface area contributed by atoms with Gasteiger partial charge >= 0.3 is 0 Å². The van der Waals surface area contributed by atoms with E-state index in [1.807, 2.05) is 31.2 Å². The molecule has 1 N–H and O–H groups in total. The summed E-state index contributed by atoms with van der Waals surface area (Å²) in [7, 11) is -3.67. The van der Waals surface area contributed by atoms with Crippen molar-refractivity contribution in [3.63, 3.8) is 0 Å². The van der Waals surface area contributed by atoms with Gasteiger partial charge in [-0.25, -0.2) is 8.42 Å². The van der Waals surface area contributed by atoms with Crippen LogP contribution in [0.4, 0.5) is 5.69 Å². The summed E-state index contributed by atoms with van der Waals surface area (Å²) >= 11 is 5.91. The third kappa shape index (κ3) is 2.80. The minimum absolute atomic E-state index is 0.264. The SMILES string of the molecule is Cc1cc(Cl)ccc1NS(=O)(=O)c1cccc2ccccc12. The van der Waals surface area contributed by atoms with Gasteiger partial charge in [0.05, 0.1) is 10.6 Å². The van der Waals surface area contributed by atoms with Crippen molar-refractivity contribution in [3.8, 4) is 0 Å². The maximum atomic E-state index is 12.7. The van der Waals surface area contributed by atoms with E-state index in [2.05, 4.69) is 4.72 Å². The van der Waals surface area contributed by atoms with Gasteiger partial charge in [0.1, 0.15) is 0 Å². The van der Waals surface area contributed by atoms with Crippen molar-refractivity contribution in [3.05, 3.63) is 71.2 Å². The molecule has 0 unspecified atom stereocenters. The largest absolute Gasteiger partial charge is 0.279 e. The van der Waals surface area contributed by atoms with Gasteiger partial charge in [0.15, 0.2) is 0 Å². The molecule has 22 heavy (non-hydrogen) atoms. The Kier molecular flexibility index (Phi) is 3.81.